The maximum absolute atomic E-state index is 11.5. The van der Waals surface area contributed by atoms with E-state index < -0.39 is 13.1 Å². The second kappa shape index (κ2) is 6.92. The summed E-state index contributed by atoms with van der Waals surface area (Å²) in [7, 11) is -1.76. The fraction of sp³-hybridized carbons (Fsp3) is 0.375. The van der Waals surface area contributed by atoms with E-state index in [9.17, 15) is 4.79 Å². The van der Waals surface area contributed by atoms with Gasteiger partial charge >= 0.3 is 7.12 Å². The van der Waals surface area contributed by atoms with Gasteiger partial charge in [0.2, 0.25) is 5.91 Å². The molecule has 1 atom stereocenters. The maximum Gasteiger partial charge on any atom is 0.475 e. The standard InChI is InChI=1S/C8H11BN4O3S/c10-13-11-5-7(9(15)16)12-8(14)4-6-2-1-3-17-6/h1-3,7,15-16H,4-5H2,(H,12,14). The molecule has 1 unspecified atom stereocenters. The van der Waals surface area contributed by atoms with Gasteiger partial charge in [-0.1, -0.05) is 11.2 Å². The third-order valence-electron chi connectivity index (χ3n) is 1.96. The summed E-state index contributed by atoms with van der Waals surface area (Å²) in [5.41, 5.74) is 8.12. The summed E-state index contributed by atoms with van der Waals surface area (Å²) in [5, 5.41) is 25.4. The van der Waals surface area contributed by atoms with Gasteiger partial charge in [0.15, 0.2) is 0 Å². The van der Waals surface area contributed by atoms with Crippen molar-refractivity contribution in [1.29, 1.82) is 0 Å². The predicted octanol–water partition coefficient (Wildman–Crippen LogP) is 0.0977. The predicted molar refractivity (Wildman–Crippen MR) is 64.2 cm³/mol. The van der Waals surface area contributed by atoms with Crippen LogP contribution in [0.25, 0.3) is 10.4 Å². The van der Waals surface area contributed by atoms with E-state index in [1.165, 1.54) is 11.3 Å². The van der Waals surface area contributed by atoms with E-state index in [-0.39, 0.29) is 18.9 Å². The van der Waals surface area contributed by atoms with E-state index in [2.05, 4.69) is 15.3 Å². The zero-order valence-electron chi connectivity index (χ0n) is 8.85. The molecule has 0 aliphatic carbocycles. The van der Waals surface area contributed by atoms with Crippen molar-refractivity contribution < 1.29 is 14.8 Å². The largest absolute Gasteiger partial charge is 0.475 e. The van der Waals surface area contributed by atoms with Crippen molar-refractivity contribution in [2.24, 2.45) is 5.11 Å². The lowest BCUT2D eigenvalue weighted by molar-refractivity contribution is -0.120. The Hall–Kier alpha value is -1.54. The van der Waals surface area contributed by atoms with E-state index in [4.69, 9.17) is 15.6 Å². The van der Waals surface area contributed by atoms with Gasteiger partial charge in [0, 0.05) is 16.3 Å². The van der Waals surface area contributed by atoms with Crippen molar-refractivity contribution in [2.75, 3.05) is 6.54 Å². The highest BCUT2D eigenvalue weighted by Crippen LogP contribution is 2.08. The zero-order valence-corrected chi connectivity index (χ0v) is 9.67. The lowest BCUT2D eigenvalue weighted by Crippen LogP contribution is -2.48. The Morgan fingerprint density at radius 3 is 3.00 bits per heavy atom. The molecule has 1 amide bonds. The average molecular weight is 254 g/mol. The Labute approximate surface area is 102 Å². The van der Waals surface area contributed by atoms with Gasteiger partial charge in [0.1, 0.15) is 0 Å². The van der Waals surface area contributed by atoms with Crippen LogP contribution in [0.1, 0.15) is 4.88 Å². The summed E-state index contributed by atoms with van der Waals surface area (Å²) in [6.07, 6.45) is 0.164. The molecule has 0 aliphatic heterocycles. The Balaban J connectivity index is 2.49. The van der Waals surface area contributed by atoms with Crippen LogP contribution >= 0.6 is 11.3 Å². The van der Waals surface area contributed by atoms with Crippen molar-refractivity contribution in [3.63, 3.8) is 0 Å². The van der Waals surface area contributed by atoms with E-state index >= 15 is 0 Å². The van der Waals surface area contributed by atoms with Crippen molar-refractivity contribution >= 4 is 24.4 Å². The number of hydrogen-bond acceptors (Lipinski definition) is 5. The molecule has 1 aromatic heterocycles. The molecule has 90 valence electrons. The molecular formula is C8H11BN4O3S. The van der Waals surface area contributed by atoms with Gasteiger partial charge in [-0.15, -0.1) is 11.3 Å². The summed E-state index contributed by atoms with van der Waals surface area (Å²) in [6.45, 7) is -0.204. The Morgan fingerprint density at radius 1 is 1.71 bits per heavy atom. The van der Waals surface area contributed by atoms with Crippen LogP contribution in [0, 0.1) is 0 Å². The third-order valence-corrected chi connectivity index (χ3v) is 2.84. The quantitative estimate of drug-likeness (QED) is 0.289. The van der Waals surface area contributed by atoms with Gasteiger partial charge in [0.05, 0.1) is 12.4 Å². The van der Waals surface area contributed by atoms with Crippen LogP contribution in [0.5, 0.6) is 0 Å². The van der Waals surface area contributed by atoms with Crippen LogP contribution in [0.3, 0.4) is 0 Å². The van der Waals surface area contributed by atoms with E-state index in [1.54, 1.807) is 0 Å². The fourth-order valence-electron chi connectivity index (χ4n) is 1.17. The SMILES string of the molecule is [N-]=[N+]=NCC(NC(=O)Cc1cccs1)B(O)O. The smallest absolute Gasteiger partial charge is 0.426 e. The van der Waals surface area contributed by atoms with Crippen LogP contribution in [-0.4, -0.2) is 35.6 Å². The minimum absolute atomic E-state index is 0.164. The normalized spacial score (nSPS) is 11.4. The molecule has 3 N–H and O–H groups in total. The molecule has 0 radical (unpaired) electrons. The number of nitrogens with zero attached hydrogens (tertiary/aromatic N) is 3. The molecule has 0 aliphatic rings. The molecule has 7 nitrogen and oxygen atoms in total. The lowest BCUT2D eigenvalue weighted by atomic mass is 9.79. The number of azide groups is 1. The molecule has 0 bridgehead atoms. The number of thiophene rings is 1. The van der Waals surface area contributed by atoms with Crippen LogP contribution in [0.2, 0.25) is 0 Å². The first-order valence-corrected chi connectivity index (χ1v) is 5.70. The van der Waals surface area contributed by atoms with Gasteiger partial charge in [-0.25, -0.2) is 0 Å². The van der Waals surface area contributed by atoms with Crippen LogP contribution < -0.4 is 5.32 Å². The monoisotopic (exact) mass is 254 g/mol. The number of hydrogen-bond donors (Lipinski definition) is 3. The average Bonchev–Trinajstić information content (AvgIpc) is 2.76. The molecule has 0 saturated heterocycles. The van der Waals surface area contributed by atoms with E-state index in [0.717, 1.165) is 4.88 Å². The highest BCUT2D eigenvalue weighted by molar-refractivity contribution is 7.10. The third kappa shape index (κ3) is 4.88. The molecular weight excluding hydrogens is 243 g/mol. The van der Waals surface area contributed by atoms with E-state index in [1.807, 2.05) is 17.5 Å². The molecule has 1 aromatic rings. The summed E-state index contributed by atoms with van der Waals surface area (Å²) in [6, 6.07) is 3.63. The summed E-state index contributed by atoms with van der Waals surface area (Å²) < 4.78 is 0. The molecule has 1 rings (SSSR count). The first kappa shape index (κ1) is 13.5. The molecule has 1 heterocycles. The van der Waals surface area contributed by atoms with Gasteiger partial charge in [0.25, 0.3) is 0 Å². The summed E-state index contributed by atoms with van der Waals surface area (Å²) in [4.78, 5) is 14.9. The summed E-state index contributed by atoms with van der Waals surface area (Å²) >= 11 is 1.44. The second-order valence-corrected chi connectivity index (χ2v) is 4.29. The van der Waals surface area contributed by atoms with Gasteiger partial charge in [-0.3, -0.25) is 4.79 Å². The number of amides is 1. The molecule has 0 aromatic carbocycles. The Kier molecular flexibility index (Phi) is 5.51. The molecule has 17 heavy (non-hydrogen) atoms. The van der Waals surface area contributed by atoms with Crippen LogP contribution in [-0.2, 0) is 11.2 Å². The lowest BCUT2D eigenvalue weighted by Gasteiger charge is -2.14. The minimum Gasteiger partial charge on any atom is -0.426 e. The maximum atomic E-state index is 11.5. The van der Waals surface area contributed by atoms with Crippen LogP contribution in [0.4, 0.5) is 0 Å². The Morgan fingerprint density at radius 2 is 2.47 bits per heavy atom. The molecule has 9 heteroatoms. The molecule has 0 fully saturated rings. The topological polar surface area (TPSA) is 118 Å². The highest BCUT2D eigenvalue weighted by Gasteiger charge is 2.24. The number of rotatable bonds is 6. The minimum atomic E-state index is -1.76. The van der Waals surface area contributed by atoms with Crippen molar-refractivity contribution in [1.82, 2.24) is 5.32 Å². The fourth-order valence-corrected chi connectivity index (χ4v) is 1.87. The number of carbonyl (C=O) groups excluding carboxylic acids is 1. The first-order chi connectivity index (χ1) is 8.13. The van der Waals surface area contributed by atoms with Gasteiger partial charge < -0.3 is 15.4 Å². The molecule has 0 saturated carbocycles. The van der Waals surface area contributed by atoms with Gasteiger partial charge in [-0.05, 0) is 17.0 Å². The van der Waals surface area contributed by atoms with Crippen molar-refractivity contribution in [3.05, 3.63) is 32.8 Å². The zero-order chi connectivity index (χ0) is 12.7. The first-order valence-electron chi connectivity index (χ1n) is 4.82. The van der Waals surface area contributed by atoms with Gasteiger partial charge in [-0.2, -0.15) is 0 Å². The Bertz CT molecular complexity index is 405. The molecule has 0 spiro atoms. The number of carbonyl (C=O) groups is 1. The van der Waals surface area contributed by atoms with Crippen LogP contribution in [0.15, 0.2) is 22.6 Å². The van der Waals surface area contributed by atoms with E-state index in [0.29, 0.717) is 0 Å². The number of nitrogens with one attached hydrogen (secondary N) is 1. The second-order valence-electron chi connectivity index (χ2n) is 3.26. The highest BCUT2D eigenvalue weighted by atomic mass is 32.1. The van der Waals surface area contributed by atoms with Crippen molar-refractivity contribution in [3.8, 4) is 0 Å². The summed E-state index contributed by atoms with van der Waals surface area (Å²) in [5.74, 6) is -1.34. The van der Waals surface area contributed by atoms with Crippen molar-refractivity contribution in [2.45, 2.75) is 12.4 Å².